The van der Waals surface area contributed by atoms with E-state index in [9.17, 15) is 4.79 Å². The number of ether oxygens (including phenoxy) is 1. The topological polar surface area (TPSA) is 80.5 Å². The highest BCUT2D eigenvalue weighted by molar-refractivity contribution is 7.09. The Hall–Kier alpha value is -1.38. The molecular formula is C18H28Cl2N4O2S. The zero-order chi connectivity index (χ0) is 18.1. The number of nitrogens with zero attached hydrogens (tertiary/aromatic N) is 2. The number of hydrogen-bond donors (Lipinski definition) is 2. The van der Waals surface area contributed by atoms with Gasteiger partial charge in [-0.05, 0) is 30.8 Å². The van der Waals surface area contributed by atoms with Crippen LogP contribution in [0.5, 0.6) is 5.75 Å². The first-order valence-electron chi connectivity index (χ1n) is 8.53. The highest BCUT2D eigenvalue weighted by atomic mass is 35.5. The molecule has 1 heterocycles. The largest absolute Gasteiger partial charge is 0.492 e. The minimum absolute atomic E-state index is 0. The second-order valence-electron chi connectivity index (χ2n) is 5.53. The molecule has 1 amide bonds. The van der Waals surface area contributed by atoms with E-state index in [-0.39, 0.29) is 30.7 Å². The van der Waals surface area contributed by atoms with E-state index in [1.807, 2.05) is 24.3 Å². The standard InChI is InChI=1S/C18H26N4O2S.2ClH/c1-3-22(4-2)9-10-24-15-7-5-14(6-8-15)12-20-18(23)16-13-25-17(11-19)21-16;;/h5-8,13H,3-4,9-12,19H2,1-2H3,(H,20,23);2*1H. The predicted octanol–water partition coefficient (Wildman–Crippen LogP) is 3.10. The summed E-state index contributed by atoms with van der Waals surface area (Å²) in [4.78, 5) is 18.5. The number of carbonyl (C=O) groups excluding carboxylic acids is 1. The van der Waals surface area contributed by atoms with Crippen molar-refractivity contribution in [1.82, 2.24) is 15.2 Å². The molecule has 0 saturated carbocycles. The number of halogens is 2. The van der Waals surface area contributed by atoms with Crippen LogP contribution < -0.4 is 15.8 Å². The molecule has 0 spiro atoms. The normalized spacial score (nSPS) is 10.1. The van der Waals surface area contributed by atoms with E-state index in [1.165, 1.54) is 11.3 Å². The number of rotatable bonds is 10. The third kappa shape index (κ3) is 8.45. The van der Waals surface area contributed by atoms with Crippen molar-refractivity contribution in [3.63, 3.8) is 0 Å². The van der Waals surface area contributed by atoms with Crippen molar-refractivity contribution in [2.45, 2.75) is 26.9 Å². The number of carbonyl (C=O) groups is 1. The zero-order valence-electron chi connectivity index (χ0n) is 15.6. The van der Waals surface area contributed by atoms with Gasteiger partial charge in [0.2, 0.25) is 0 Å². The van der Waals surface area contributed by atoms with Crippen molar-refractivity contribution in [2.75, 3.05) is 26.2 Å². The fourth-order valence-corrected chi connectivity index (χ4v) is 2.97. The van der Waals surface area contributed by atoms with E-state index in [2.05, 4.69) is 29.0 Å². The van der Waals surface area contributed by atoms with Gasteiger partial charge >= 0.3 is 0 Å². The molecule has 3 N–H and O–H groups in total. The van der Waals surface area contributed by atoms with Crippen LogP contribution in [-0.2, 0) is 13.1 Å². The van der Waals surface area contributed by atoms with Crippen molar-refractivity contribution < 1.29 is 9.53 Å². The van der Waals surface area contributed by atoms with Gasteiger partial charge in [-0.25, -0.2) is 4.98 Å². The molecule has 9 heteroatoms. The monoisotopic (exact) mass is 434 g/mol. The van der Waals surface area contributed by atoms with Crippen molar-refractivity contribution in [2.24, 2.45) is 5.73 Å². The van der Waals surface area contributed by atoms with Gasteiger partial charge in [-0.1, -0.05) is 26.0 Å². The Morgan fingerprint density at radius 1 is 1.22 bits per heavy atom. The van der Waals surface area contributed by atoms with E-state index >= 15 is 0 Å². The lowest BCUT2D eigenvalue weighted by Crippen LogP contribution is -2.27. The van der Waals surface area contributed by atoms with Crippen LogP contribution in [0, 0.1) is 0 Å². The number of aromatic nitrogens is 1. The SMILES string of the molecule is CCN(CC)CCOc1ccc(CNC(=O)c2csc(CN)n2)cc1.Cl.Cl. The maximum absolute atomic E-state index is 12.0. The van der Waals surface area contributed by atoms with Gasteiger partial charge < -0.3 is 20.7 Å². The summed E-state index contributed by atoms with van der Waals surface area (Å²) in [5, 5.41) is 5.35. The minimum Gasteiger partial charge on any atom is -0.492 e. The lowest BCUT2D eigenvalue weighted by atomic mass is 10.2. The van der Waals surface area contributed by atoms with E-state index < -0.39 is 0 Å². The Morgan fingerprint density at radius 3 is 2.44 bits per heavy atom. The molecule has 0 unspecified atom stereocenters. The van der Waals surface area contributed by atoms with Gasteiger partial charge in [0.1, 0.15) is 23.1 Å². The molecule has 0 aliphatic carbocycles. The molecule has 1 aromatic carbocycles. The molecular weight excluding hydrogens is 407 g/mol. The van der Waals surface area contributed by atoms with E-state index in [0.717, 1.165) is 36.0 Å². The highest BCUT2D eigenvalue weighted by Gasteiger charge is 2.09. The summed E-state index contributed by atoms with van der Waals surface area (Å²) in [6.45, 7) is 8.76. The number of thiazole rings is 1. The molecule has 152 valence electrons. The quantitative estimate of drug-likeness (QED) is 0.600. The first-order valence-corrected chi connectivity index (χ1v) is 9.41. The van der Waals surface area contributed by atoms with Gasteiger partial charge in [0, 0.05) is 25.0 Å². The van der Waals surface area contributed by atoms with Crippen molar-refractivity contribution in [3.8, 4) is 5.75 Å². The maximum atomic E-state index is 12.0. The van der Waals surface area contributed by atoms with Gasteiger partial charge in [0.15, 0.2) is 0 Å². The van der Waals surface area contributed by atoms with Crippen molar-refractivity contribution >= 4 is 42.1 Å². The first kappa shape index (κ1) is 25.6. The lowest BCUT2D eigenvalue weighted by Gasteiger charge is -2.18. The molecule has 2 rings (SSSR count). The predicted molar refractivity (Wildman–Crippen MR) is 115 cm³/mol. The van der Waals surface area contributed by atoms with Crippen LogP contribution in [0.3, 0.4) is 0 Å². The summed E-state index contributed by atoms with van der Waals surface area (Å²) in [5.41, 5.74) is 6.94. The van der Waals surface area contributed by atoms with E-state index in [0.29, 0.717) is 25.4 Å². The van der Waals surface area contributed by atoms with Crippen LogP contribution in [-0.4, -0.2) is 42.0 Å². The molecule has 1 aromatic heterocycles. The second-order valence-corrected chi connectivity index (χ2v) is 6.48. The number of hydrogen-bond acceptors (Lipinski definition) is 6. The van der Waals surface area contributed by atoms with Gasteiger partial charge in [-0.15, -0.1) is 36.2 Å². The van der Waals surface area contributed by atoms with Crippen LogP contribution in [0.15, 0.2) is 29.6 Å². The Morgan fingerprint density at radius 2 is 1.89 bits per heavy atom. The van der Waals surface area contributed by atoms with Crippen LogP contribution in [0.4, 0.5) is 0 Å². The molecule has 0 radical (unpaired) electrons. The smallest absolute Gasteiger partial charge is 0.271 e. The maximum Gasteiger partial charge on any atom is 0.271 e. The summed E-state index contributed by atoms with van der Waals surface area (Å²) in [7, 11) is 0. The fourth-order valence-electron chi connectivity index (χ4n) is 2.32. The van der Waals surface area contributed by atoms with Gasteiger partial charge in [0.05, 0.1) is 0 Å². The Kier molecular flexibility index (Phi) is 13.0. The third-order valence-corrected chi connectivity index (χ3v) is 4.78. The number of nitrogens with two attached hydrogens (primary N) is 1. The molecule has 0 aliphatic heterocycles. The average molecular weight is 435 g/mol. The molecule has 0 saturated heterocycles. The summed E-state index contributed by atoms with van der Waals surface area (Å²) < 4.78 is 5.76. The molecule has 0 fully saturated rings. The van der Waals surface area contributed by atoms with Gasteiger partial charge in [-0.2, -0.15) is 0 Å². The summed E-state index contributed by atoms with van der Waals surface area (Å²) in [6, 6.07) is 7.77. The molecule has 6 nitrogen and oxygen atoms in total. The number of benzene rings is 1. The third-order valence-electron chi connectivity index (χ3n) is 3.91. The van der Waals surface area contributed by atoms with Crippen LogP contribution in [0.2, 0.25) is 0 Å². The molecule has 2 aromatic rings. The number of nitrogens with one attached hydrogen (secondary N) is 1. The van der Waals surface area contributed by atoms with Crippen molar-refractivity contribution in [1.29, 1.82) is 0 Å². The van der Waals surface area contributed by atoms with Crippen LogP contribution in [0.1, 0.15) is 34.9 Å². The zero-order valence-corrected chi connectivity index (χ0v) is 18.1. The van der Waals surface area contributed by atoms with Crippen LogP contribution >= 0.6 is 36.2 Å². The summed E-state index contributed by atoms with van der Waals surface area (Å²) in [6.07, 6.45) is 0. The highest BCUT2D eigenvalue weighted by Crippen LogP contribution is 2.13. The molecule has 0 aliphatic rings. The Balaban J connectivity index is 0.00000338. The van der Waals surface area contributed by atoms with Gasteiger partial charge in [0.25, 0.3) is 5.91 Å². The molecule has 27 heavy (non-hydrogen) atoms. The summed E-state index contributed by atoms with van der Waals surface area (Å²) in [5.74, 6) is 0.657. The minimum atomic E-state index is -0.185. The molecule has 0 atom stereocenters. The van der Waals surface area contributed by atoms with Crippen molar-refractivity contribution in [3.05, 3.63) is 45.9 Å². The number of likely N-dealkylation sites (N-methyl/N-ethyl adjacent to an activating group) is 1. The first-order chi connectivity index (χ1) is 12.2. The van der Waals surface area contributed by atoms with Gasteiger partial charge in [-0.3, -0.25) is 4.79 Å². The second kappa shape index (κ2) is 13.7. The lowest BCUT2D eigenvalue weighted by molar-refractivity contribution is 0.0946. The molecule has 0 bridgehead atoms. The van der Waals surface area contributed by atoms with E-state index in [1.54, 1.807) is 5.38 Å². The Labute approximate surface area is 177 Å². The number of amides is 1. The van der Waals surface area contributed by atoms with Crippen LogP contribution in [0.25, 0.3) is 0 Å². The summed E-state index contributed by atoms with van der Waals surface area (Å²) >= 11 is 1.40. The fraction of sp³-hybridized carbons (Fsp3) is 0.444. The Bertz CT molecular complexity index is 664. The average Bonchev–Trinajstić information content (AvgIpc) is 3.13. The van der Waals surface area contributed by atoms with E-state index in [4.69, 9.17) is 10.5 Å².